The average Bonchev–Trinajstić information content (AvgIpc) is 2.37. The molecule has 3 nitrogen and oxygen atoms in total. The van der Waals surface area contributed by atoms with Crippen molar-refractivity contribution in [3.05, 3.63) is 28.2 Å². The SMILES string of the molecule is COCCNCc1ccc(OCCCF)c(Br)c1. The average molecular weight is 320 g/mol. The fourth-order valence-electron chi connectivity index (χ4n) is 1.41. The molecule has 0 aliphatic heterocycles. The summed E-state index contributed by atoms with van der Waals surface area (Å²) in [6.45, 7) is 2.36. The molecule has 0 saturated heterocycles. The molecular weight excluding hydrogens is 301 g/mol. The molecule has 0 saturated carbocycles. The van der Waals surface area contributed by atoms with Gasteiger partial charge in [0.2, 0.25) is 0 Å². The highest BCUT2D eigenvalue weighted by atomic mass is 79.9. The summed E-state index contributed by atoms with van der Waals surface area (Å²) in [5, 5.41) is 3.27. The third-order valence-electron chi connectivity index (χ3n) is 2.34. The van der Waals surface area contributed by atoms with E-state index in [1.54, 1.807) is 7.11 Å². The predicted molar refractivity (Wildman–Crippen MR) is 73.8 cm³/mol. The molecule has 1 N–H and O–H groups in total. The molecule has 0 unspecified atom stereocenters. The summed E-state index contributed by atoms with van der Waals surface area (Å²) >= 11 is 3.45. The van der Waals surface area contributed by atoms with E-state index in [0.29, 0.717) is 19.6 Å². The van der Waals surface area contributed by atoms with Crippen molar-refractivity contribution in [3.8, 4) is 5.75 Å². The zero-order valence-corrected chi connectivity index (χ0v) is 12.1. The summed E-state index contributed by atoms with van der Waals surface area (Å²) in [7, 11) is 1.68. The molecule has 1 aromatic carbocycles. The van der Waals surface area contributed by atoms with Crippen LogP contribution in [-0.2, 0) is 11.3 Å². The Morgan fingerprint density at radius 3 is 2.83 bits per heavy atom. The second-order valence-corrected chi connectivity index (χ2v) is 4.68. The minimum Gasteiger partial charge on any atom is -0.492 e. The lowest BCUT2D eigenvalue weighted by Gasteiger charge is -2.09. The van der Waals surface area contributed by atoms with Crippen LogP contribution in [0.25, 0.3) is 0 Å². The van der Waals surface area contributed by atoms with Gasteiger partial charge in [0.15, 0.2) is 0 Å². The van der Waals surface area contributed by atoms with Crippen molar-refractivity contribution in [2.45, 2.75) is 13.0 Å². The summed E-state index contributed by atoms with van der Waals surface area (Å²) in [5.41, 5.74) is 1.16. The van der Waals surface area contributed by atoms with Crippen LogP contribution in [0.1, 0.15) is 12.0 Å². The molecule has 5 heteroatoms. The fraction of sp³-hybridized carbons (Fsp3) is 0.538. The van der Waals surface area contributed by atoms with E-state index in [0.717, 1.165) is 28.9 Å². The van der Waals surface area contributed by atoms with E-state index in [2.05, 4.69) is 21.2 Å². The van der Waals surface area contributed by atoms with Crippen molar-refractivity contribution < 1.29 is 13.9 Å². The molecule has 0 fully saturated rings. The Morgan fingerprint density at radius 1 is 1.33 bits per heavy atom. The first kappa shape index (κ1) is 15.4. The maximum Gasteiger partial charge on any atom is 0.133 e. The number of hydrogen-bond acceptors (Lipinski definition) is 3. The molecule has 0 spiro atoms. The van der Waals surface area contributed by atoms with E-state index in [4.69, 9.17) is 9.47 Å². The van der Waals surface area contributed by atoms with Gasteiger partial charge in [-0.2, -0.15) is 0 Å². The van der Waals surface area contributed by atoms with E-state index in [9.17, 15) is 4.39 Å². The van der Waals surface area contributed by atoms with Crippen molar-refractivity contribution in [3.63, 3.8) is 0 Å². The number of alkyl halides is 1. The van der Waals surface area contributed by atoms with Gasteiger partial charge in [0.25, 0.3) is 0 Å². The molecule has 0 aliphatic rings. The van der Waals surface area contributed by atoms with Gasteiger partial charge in [0.05, 0.1) is 24.4 Å². The van der Waals surface area contributed by atoms with Crippen LogP contribution in [0.4, 0.5) is 4.39 Å². The van der Waals surface area contributed by atoms with Gasteiger partial charge in [-0.05, 0) is 33.6 Å². The lowest BCUT2D eigenvalue weighted by Crippen LogP contribution is -2.18. The first-order chi connectivity index (χ1) is 8.77. The maximum absolute atomic E-state index is 12.0. The van der Waals surface area contributed by atoms with Crippen LogP contribution in [0.15, 0.2) is 22.7 Å². The lowest BCUT2D eigenvalue weighted by atomic mass is 10.2. The van der Waals surface area contributed by atoms with Crippen LogP contribution in [0.3, 0.4) is 0 Å². The summed E-state index contributed by atoms with van der Waals surface area (Å²) in [5.74, 6) is 0.754. The molecule has 1 rings (SSSR count). The highest BCUT2D eigenvalue weighted by molar-refractivity contribution is 9.10. The van der Waals surface area contributed by atoms with Crippen LogP contribution in [-0.4, -0.2) is 33.5 Å². The van der Waals surface area contributed by atoms with Crippen LogP contribution in [0, 0.1) is 0 Å². The molecule has 0 aliphatic carbocycles. The predicted octanol–water partition coefficient (Wildman–Crippen LogP) is 2.92. The van der Waals surface area contributed by atoms with Gasteiger partial charge in [-0.3, -0.25) is 4.39 Å². The smallest absolute Gasteiger partial charge is 0.133 e. The van der Waals surface area contributed by atoms with Gasteiger partial charge in [0.1, 0.15) is 5.75 Å². The molecule has 102 valence electrons. The van der Waals surface area contributed by atoms with Crippen LogP contribution >= 0.6 is 15.9 Å². The van der Waals surface area contributed by atoms with Crippen molar-refractivity contribution in [2.75, 3.05) is 33.5 Å². The van der Waals surface area contributed by atoms with Gasteiger partial charge in [-0.1, -0.05) is 6.07 Å². The fourth-order valence-corrected chi connectivity index (χ4v) is 1.96. The summed E-state index contributed by atoms with van der Waals surface area (Å²) in [6, 6.07) is 5.90. The summed E-state index contributed by atoms with van der Waals surface area (Å²) in [4.78, 5) is 0. The van der Waals surface area contributed by atoms with Crippen molar-refractivity contribution in [2.24, 2.45) is 0 Å². The van der Waals surface area contributed by atoms with Crippen LogP contribution in [0.5, 0.6) is 5.75 Å². The van der Waals surface area contributed by atoms with Crippen molar-refractivity contribution in [1.29, 1.82) is 0 Å². The molecule has 0 amide bonds. The van der Waals surface area contributed by atoms with Gasteiger partial charge in [0, 0.05) is 26.6 Å². The molecule has 1 aromatic rings. The Bertz CT molecular complexity index is 350. The van der Waals surface area contributed by atoms with Crippen LogP contribution < -0.4 is 10.1 Å². The van der Waals surface area contributed by atoms with Gasteiger partial charge < -0.3 is 14.8 Å². The van der Waals surface area contributed by atoms with E-state index in [1.807, 2.05) is 18.2 Å². The quantitative estimate of drug-likeness (QED) is 0.710. The number of hydrogen-bond donors (Lipinski definition) is 1. The number of benzene rings is 1. The number of methoxy groups -OCH3 is 1. The van der Waals surface area contributed by atoms with Gasteiger partial charge >= 0.3 is 0 Å². The normalized spacial score (nSPS) is 10.6. The maximum atomic E-state index is 12.0. The Labute approximate surface area is 116 Å². The molecular formula is C13H19BrFNO2. The van der Waals surface area contributed by atoms with E-state index in [-0.39, 0.29) is 6.67 Å². The van der Waals surface area contributed by atoms with Crippen LogP contribution in [0.2, 0.25) is 0 Å². The third kappa shape index (κ3) is 5.80. The van der Waals surface area contributed by atoms with E-state index >= 15 is 0 Å². The lowest BCUT2D eigenvalue weighted by molar-refractivity contribution is 0.199. The molecule has 0 radical (unpaired) electrons. The largest absolute Gasteiger partial charge is 0.492 e. The standard InChI is InChI=1S/C13H19BrFNO2/c1-17-8-6-16-10-11-3-4-13(12(14)9-11)18-7-2-5-15/h3-4,9,16H,2,5-8,10H2,1H3. The summed E-state index contributed by atoms with van der Waals surface area (Å²) < 4.78 is 23.3. The zero-order valence-electron chi connectivity index (χ0n) is 10.5. The third-order valence-corrected chi connectivity index (χ3v) is 2.96. The topological polar surface area (TPSA) is 30.5 Å². The van der Waals surface area contributed by atoms with Crippen molar-refractivity contribution >= 4 is 15.9 Å². The second-order valence-electron chi connectivity index (χ2n) is 3.83. The number of ether oxygens (including phenoxy) is 2. The zero-order chi connectivity index (χ0) is 13.2. The van der Waals surface area contributed by atoms with Gasteiger partial charge in [-0.15, -0.1) is 0 Å². The Balaban J connectivity index is 2.41. The van der Waals surface area contributed by atoms with E-state index < -0.39 is 0 Å². The Morgan fingerprint density at radius 2 is 2.17 bits per heavy atom. The second kappa shape index (κ2) is 9.30. The molecule has 0 aromatic heterocycles. The number of rotatable bonds is 9. The number of halogens is 2. The van der Waals surface area contributed by atoms with E-state index in [1.165, 1.54) is 0 Å². The highest BCUT2D eigenvalue weighted by Crippen LogP contribution is 2.26. The highest BCUT2D eigenvalue weighted by Gasteiger charge is 2.02. The monoisotopic (exact) mass is 319 g/mol. The Kier molecular flexibility index (Phi) is 7.96. The first-order valence-electron chi connectivity index (χ1n) is 5.94. The summed E-state index contributed by atoms with van der Waals surface area (Å²) in [6.07, 6.45) is 0.423. The van der Waals surface area contributed by atoms with Gasteiger partial charge in [-0.25, -0.2) is 0 Å². The minimum atomic E-state index is -0.348. The number of nitrogens with one attached hydrogen (secondary N) is 1. The minimum absolute atomic E-state index is 0.348. The first-order valence-corrected chi connectivity index (χ1v) is 6.74. The molecule has 18 heavy (non-hydrogen) atoms. The Hall–Kier alpha value is -0.650. The molecule has 0 heterocycles. The molecule has 0 bridgehead atoms. The molecule has 0 atom stereocenters. The van der Waals surface area contributed by atoms with Crippen molar-refractivity contribution in [1.82, 2.24) is 5.32 Å².